The lowest BCUT2D eigenvalue weighted by Crippen LogP contribution is -2.15. The van der Waals surface area contributed by atoms with Crippen molar-refractivity contribution in [3.05, 3.63) is 59.7 Å². The lowest BCUT2D eigenvalue weighted by molar-refractivity contribution is 0.0734. The van der Waals surface area contributed by atoms with E-state index in [9.17, 15) is 4.79 Å². The molecule has 0 aliphatic heterocycles. The van der Waals surface area contributed by atoms with Crippen LogP contribution in [-0.2, 0) is 6.42 Å². The standard InChI is InChI=1S/C35H52O3/c1-4-6-7-8-9-12-29-13-15-30(16-14-29)17-18-31-19-23-34(24-20-31)38-35(36)32-21-25-33(26-22-32)37-27-10-11-28(3)5-2/h19-26,28-30H,4-18,27H2,1-3H3. The number of aryl methyl sites for hydroxylation is 1. The van der Waals surface area contributed by atoms with E-state index in [0.717, 1.165) is 36.3 Å². The summed E-state index contributed by atoms with van der Waals surface area (Å²) in [5, 5.41) is 0. The van der Waals surface area contributed by atoms with Crippen molar-refractivity contribution in [2.75, 3.05) is 6.61 Å². The molecule has 3 heteroatoms. The first-order valence-corrected chi connectivity index (χ1v) is 15.6. The first kappa shape index (κ1) is 30.3. The van der Waals surface area contributed by atoms with Crippen LogP contribution >= 0.6 is 0 Å². The van der Waals surface area contributed by atoms with Gasteiger partial charge >= 0.3 is 5.97 Å². The van der Waals surface area contributed by atoms with Crippen LogP contribution in [0.2, 0.25) is 0 Å². The maximum atomic E-state index is 12.6. The fraction of sp³-hybridized carbons (Fsp3) is 0.629. The number of carbonyl (C=O) groups is 1. The van der Waals surface area contributed by atoms with Gasteiger partial charge in [0.25, 0.3) is 0 Å². The van der Waals surface area contributed by atoms with E-state index in [2.05, 4.69) is 32.9 Å². The van der Waals surface area contributed by atoms with Gasteiger partial charge in [0, 0.05) is 0 Å². The second kappa shape index (κ2) is 17.3. The molecule has 0 heterocycles. The second-order valence-corrected chi connectivity index (χ2v) is 11.7. The van der Waals surface area contributed by atoms with Crippen LogP contribution in [0, 0.1) is 17.8 Å². The number of rotatable bonds is 17. The van der Waals surface area contributed by atoms with Crippen LogP contribution in [-0.4, -0.2) is 12.6 Å². The van der Waals surface area contributed by atoms with Crippen molar-refractivity contribution in [3.8, 4) is 11.5 Å². The number of carbonyl (C=O) groups excluding carboxylic acids is 1. The Morgan fingerprint density at radius 1 is 0.789 bits per heavy atom. The summed E-state index contributed by atoms with van der Waals surface area (Å²) in [7, 11) is 0. The summed E-state index contributed by atoms with van der Waals surface area (Å²) in [6.45, 7) is 7.50. The van der Waals surface area contributed by atoms with Gasteiger partial charge in [0.05, 0.1) is 12.2 Å². The van der Waals surface area contributed by atoms with E-state index < -0.39 is 0 Å². The minimum absolute atomic E-state index is 0.330. The minimum Gasteiger partial charge on any atom is -0.494 e. The third-order valence-corrected chi connectivity index (χ3v) is 8.55. The fourth-order valence-electron chi connectivity index (χ4n) is 5.62. The molecule has 0 saturated heterocycles. The van der Waals surface area contributed by atoms with Crippen molar-refractivity contribution >= 4 is 5.97 Å². The van der Waals surface area contributed by atoms with Gasteiger partial charge in [-0.2, -0.15) is 0 Å². The molecule has 0 aromatic heterocycles. The number of esters is 1. The van der Waals surface area contributed by atoms with E-state index in [0.29, 0.717) is 17.9 Å². The van der Waals surface area contributed by atoms with Gasteiger partial charge in [0.1, 0.15) is 11.5 Å². The van der Waals surface area contributed by atoms with Crippen LogP contribution in [0.1, 0.15) is 127 Å². The summed E-state index contributed by atoms with van der Waals surface area (Å²) in [6, 6.07) is 15.3. The van der Waals surface area contributed by atoms with Gasteiger partial charge in [0.15, 0.2) is 0 Å². The average molecular weight is 521 g/mol. The van der Waals surface area contributed by atoms with Crippen LogP contribution < -0.4 is 9.47 Å². The lowest BCUT2D eigenvalue weighted by Gasteiger charge is -2.28. The van der Waals surface area contributed by atoms with Gasteiger partial charge in [-0.05, 0) is 85.4 Å². The summed E-state index contributed by atoms with van der Waals surface area (Å²) in [5.74, 6) is 3.66. The third kappa shape index (κ3) is 11.2. The Labute approximate surface area is 232 Å². The normalized spacial score (nSPS) is 18.2. The number of hydrogen-bond acceptors (Lipinski definition) is 3. The third-order valence-electron chi connectivity index (χ3n) is 8.55. The Kier molecular flexibility index (Phi) is 13.8. The van der Waals surface area contributed by atoms with Gasteiger partial charge < -0.3 is 9.47 Å². The fourth-order valence-corrected chi connectivity index (χ4v) is 5.62. The second-order valence-electron chi connectivity index (χ2n) is 11.7. The van der Waals surface area contributed by atoms with Crippen LogP contribution in [0.3, 0.4) is 0 Å². The van der Waals surface area contributed by atoms with E-state index in [-0.39, 0.29) is 5.97 Å². The highest BCUT2D eigenvalue weighted by Crippen LogP contribution is 2.34. The van der Waals surface area contributed by atoms with Crippen molar-refractivity contribution in [1.29, 1.82) is 0 Å². The smallest absolute Gasteiger partial charge is 0.343 e. The number of ether oxygens (including phenoxy) is 2. The highest BCUT2D eigenvalue weighted by atomic mass is 16.5. The Balaban J connectivity index is 1.32. The quantitative estimate of drug-likeness (QED) is 0.118. The Hall–Kier alpha value is -2.29. The molecule has 0 bridgehead atoms. The van der Waals surface area contributed by atoms with Crippen molar-refractivity contribution in [1.82, 2.24) is 0 Å². The van der Waals surface area contributed by atoms with Crippen LogP contribution in [0.15, 0.2) is 48.5 Å². The van der Waals surface area contributed by atoms with Crippen LogP contribution in [0.25, 0.3) is 0 Å². The molecule has 3 rings (SSSR count). The van der Waals surface area contributed by atoms with Gasteiger partial charge in [-0.1, -0.05) is 104 Å². The average Bonchev–Trinajstić information content (AvgIpc) is 2.95. The van der Waals surface area contributed by atoms with E-state index in [1.54, 1.807) is 12.1 Å². The molecule has 2 aromatic rings. The van der Waals surface area contributed by atoms with Crippen molar-refractivity contribution in [2.45, 2.75) is 117 Å². The summed E-state index contributed by atoms with van der Waals surface area (Å²) in [4.78, 5) is 12.6. The molecular weight excluding hydrogens is 468 g/mol. The predicted octanol–water partition coefficient (Wildman–Crippen LogP) is 10.2. The number of benzene rings is 2. The molecule has 1 atom stereocenters. The summed E-state index contributed by atoms with van der Waals surface area (Å²) in [5.41, 5.74) is 1.87. The molecule has 1 saturated carbocycles. The highest BCUT2D eigenvalue weighted by Gasteiger charge is 2.20. The molecule has 0 N–H and O–H groups in total. The monoisotopic (exact) mass is 520 g/mol. The predicted molar refractivity (Wildman–Crippen MR) is 159 cm³/mol. The molecule has 0 radical (unpaired) electrons. The maximum Gasteiger partial charge on any atom is 0.343 e. The van der Waals surface area contributed by atoms with Crippen molar-refractivity contribution in [3.63, 3.8) is 0 Å². The molecule has 1 aliphatic rings. The van der Waals surface area contributed by atoms with Gasteiger partial charge in [-0.15, -0.1) is 0 Å². The number of unbranched alkanes of at least 4 members (excludes halogenated alkanes) is 4. The maximum absolute atomic E-state index is 12.6. The molecule has 0 spiro atoms. The Bertz CT molecular complexity index is 894. The van der Waals surface area contributed by atoms with Gasteiger partial charge in [-0.25, -0.2) is 4.79 Å². The summed E-state index contributed by atoms with van der Waals surface area (Å²) < 4.78 is 11.4. The molecule has 1 aliphatic carbocycles. The zero-order chi connectivity index (χ0) is 27.0. The minimum atomic E-state index is -0.330. The molecular formula is C35H52O3. The van der Waals surface area contributed by atoms with Crippen LogP contribution in [0.4, 0.5) is 0 Å². The lowest BCUT2D eigenvalue weighted by atomic mass is 9.78. The molecule has 1 fully saturated rings. The summed E-state index contributed by atoms with van der Waals surface area (Å²) in [6.07, 6.45) is 20.0. The molecule has 3 nitrogen and oxygen atoms in total. The molecule has 0 amide bonds. The molecule has 210 valence electrons. The highest BCUT2D eigenvalue weighted by molar-refractivity contribution is 5.91. The summed E-state index contributed by atoms with van der Waals surface area (Å²) >= 11 is 0. The Morgan fingerprint density at radius 2 is 1.42 bits per heavy atom. The van der Waals surface area contributed by atoms with Gasteiger partial charge in [-0.3, -0.25) is 0 Å². The topological polar surface area (TPSA) is 35.5 Å². The van der Waals surface area contributed by atoms with E-state index in [4.69, 9.17) is 9.47 Å². The van der Waals surface area contributed by atoms with Crippen LogP contribution in [0.5, 0.6) is 11.5 Å². The van der Waals surface area contributed by atoms with Crippen molar-refractivity contribution in [2.24, 2.45) is 17.8 Å². The number of hydrogen-bond donors (Lipinski definition) is 0. The zero-order valence-electron chi connectivity index (χ0n) is 24.4. The Morgan fingerprint density at radius 3 is 2.08 bits per heavy atom. The van der Waals surface area contributed by atoms with Crippen molar-refractivity contribution < 1.29 is 14.3 Å². The molecule has 1 unspecified atom stereocenters. The SMILES string of the molecule is CCCCCCCC1CCC(CCc2ccc(OC(=O)c3ccc(OCCCC(C)CC)cc3)cc2)CC1. The first-order valence-electron chi connectivity index (χ1n) is 15.6. The molecule has 38 heavy (non-hydrogen) atoms. The molecule has 2 aromatic carbocycles. The van der Waals surface area contributed by atoms with E-state index in [1.165, 1.54) is 89.0 Å². The van der Waals surface area contributed by atoms with E-state index in [1.807, 2.05) is 24.3 Å². The first-order chi connectivity index (χ1) is 18.6. The van der Waals surface area contributed by atoms with E-state index >= 15 is 0 Å². The zero-order valence-corrected chi connectivity index (χ0v) is 24.4. The largest absolute Gasteiger partial charge is 0.494 e. The van der Waals surface area contributed by atoms with Gasteiger partial charge in [0.2, 0.25) is 0 Å².